The molecule has 1 aliphatic heterocycles. The first-order chi connectivity index (χ1) is 14.4. The van der Waals surface area contributed by atoms with E-state index in [0.717, 1.165) is 47.0 Å². The number of hydrogen-bond acceptors (Lipinski definition) is 6. The first kappa shape index (κ1) is 20.2. The molecule has 1 saturated heterocycles. The molecule has 148 valence electrons. The zero-order valence-corrected chi connectivity index (χ0v) is 18.5. The van der Waals surface area contributed by atoms with Crippen molar-refractivity contribution in [3.63, 3.8) is 0 Å². The Morgan fingerprint density at radius 1 is 0.600 bits per heavy atom. The quantitative estimate of drug-likeness (QED) is 0.351. The summed E-state index contributed by atoms with van der Waals surface area (Å²) in [5.41, 5.74) is 4.25. The van der Waals surface area contributed by atoms with Crippen LogP contribution in [0.3, 0.4) is 0 Å². The maximum Gasteiger partial charge on any atom is 0.394 e. The van der Waals surface area contributed by atoms with Gasteiger partial charge < -0.3 is 9.62 Å². The number of aromatic nitrogens is 4. The molecule has 8 heteroatoms. The Morgan fingerprint density at radius 3 is 1.43 bits per heavy atom. The average Bonchev–Trinajstić information content (AvgIpc) is 3.31. The molecule has 5 heterocycles. The van der Waals surface area contributed by atoms with Crippen molar-refractivity contribution in [2.75, 3.05) is 22.7 Å². The summed E-state index contributed by atoms with van der Waals surface area (Å²) in [6, 6.07) is 16.2. The Bertz CT molecular complexity index is 989. The molecule has 4 aromatic rings. The minimum Gasteiger partial charge on any atom is -0.382 e. The molecule has 0 N–H and O–H groups in total. The number of hydrogen-bond donors (Lipinski definition) is 0. The van der Waals surface area contributed by atoms with Crippen molar-refractivity contribution >= 4 is 19.2 Å². The van der Waals surface area contributed by atoms with Crippen molar-refractivity contribution < 1.29 is 20.1 Å². The monoisotopic (exact) mass is 570 g/mol. The van der Waals surface area contributed by atoms with E-state index in [-0.39, 0.29) is 20.1 Å². The zero-order chi connectivity index (χ0) is 19.5. The van der Waals surface area contributed by atoms with E-state index in [2.05, 4.69) is 49.2 Å². The number of anilines is 2. The Hall–Kier alpha value is -3.09. The fourth-order valence-electron chi connectivity index (χ4n) is 3.37. The molecule has 0 unspecified atom stereocenters. The van der Waals surface area contributed by atoms with Crippen molar-refractivity contribution in [2.24, 2.45) is 0 Å². The van der Waals surface area contributed by atoms with Gasteiger partial charge in [0.05, 0.1) is 0 Å². The van der Waals surface area contributed by atoms with Gasteiger partial charge >= 0.3 is 7.55 Å². The van der Waals surface area contributed by atoms with Crippen molar-refractivity contribution in [1.29, 1.82) is 0 Å². The summed E-state index contributed by atoms with van der Waals surface area (Å²) in [6.07, 6.45) is 11.0. The second-order valence-electron chi connectivity index (χ2n) is 6.80. The normalized spacial score (nSPS) is 12.9. The number of pyridine rings is 4. The van der Waals surface area contributed by atoms with Crippen LogP contribution < -0.4 is 9.62 Å². The maximum atomic E-state index is 4.63. The molecule has 0 aliphatic carbocycles. The van der Waals surface area contributed by atoms with E-state index < -0.39 is 0 Å². The minimum atomic E-state index is 0. The molecule has 1 fully saturated rings. The van der Waals surface area contributed by atoms with Gasteiger partial charge in [0.15, 0.2) is 0 Å². The molecule has 0 atom stereocenters. The average molecular weight is 569 g/mol. The van der Waals surface area contributed by atoms with Gasteiger partial charge in [-0.05, 0) is 36.4 Å². The summed E-state index contributed by atoms with van der Waals surface area (Å²) < 4.78 is 0. The molecular weight excluding hydrogens is 551 g/mol. The molecule has 0 spiro atoms. The van der Waals surface area contributed by atoms with E-state index in [4.69, 9.17) is 0 Å². The van der Waals surface area contributed by atoms with Gasteiger partial charge in [-0.15, -0.1) is 0 Å². The van der Waals surface area contributed by atoms with Gasteiger partial charge in [-0.1, -0.05) is 12.1 Å². The van der Waals surface area contributed by atoms with Crippen LogP contribution >= 0.6 is 0 Å². The molecule has 0 aromatic carbocycles. The first-order valence-electron chi connectivity index (χ1n) is 9.48. The molecule has 1 aliphatic rings. The first-order valence-corrected chi connectivity index (χ1v) is 9.48. The van der Waals surface area contributed by atoms with Crippen LogP contribution in [-0.2, 0) is 20.1 Å². The molecule has 0 saturated carbocycles. The van der Waals surface area contributed by atoms with Crippen molar-refractivity contribution in [1.82, 2.24) is 19.9 Å². The van der Waals surface area contributed by atoms with Crippen LogP contribution in [0, 0.1) is 0 Å². The maximum absolute atomic E-state index is 4.63. The third-order valence-electron chi connectivity index (χ3n) is 4.93. The summed E-state index contributed by atoms with van der Waals surface area (Å²) >= 11 is 0. The third kappa shape index (κ3) is 4.25. The number of nitrogens with zero attached hydrogens (tertiary/aromatic N) is 6. The van der Waals surface area contributed by atoms with Gasteiger partial charge in [-0.2, -0.15) is 0 Å². The summed E-state index contributed by atoms with van der Waals surface area (Å²) in [6.45, 7) is 1.73. The largest absolute Gasteiger partial charge is 0.394 e. The van der Waals surface area contributed by atoms with Crippen LogP contribution in [0.25, 0.3) is 22.3 Å². The summed E-state index contributed by atoms with van der Waals surface area (Å²) in [5, 5.41) is 0. The van der Waals surface area contributed by atoms with E-state index >= 15 is 0 Å². The van der Waals surface area contributed by atoms with Gasteiger partial charge in [0.1, 0.15) is 11.6 Å². The molecule has 2 radical (unpaired) electrons. The molecule has 0 bridgehead atoms. The Balaban J connectivity index is 0.00000218. The van der Waals surface area contributed by atoms with Gasteiger partial charge in [0.25, 0.3) is 0 Å². The molecule has 0 amide bonds. The Labute approximate surface area is 189 Å². The van der Waals surface area contributed by atoms with Crippen LogP contribution in [0.15, 0.2) is 85.7 Å². The van der Waals surface area contributed by atoms with Gasteiger partial charge in [-0.25, -0.2) is 9.97 Å². The van der Waals surface area contributed by atoms with Gasteiger partial charge in [0.2, 0.25) is 0 Å². The smallest absolute Gasteiger partial charge is 0.382 e. The van der Waals surface area contributed by atoms with E-state index in [0.29, 0.717) is 0 Å². The van der Waals surface area contributed by atoms with Crippen LogP contribution in [0.2, 0.25) is 0 Å². The Morgan fingerprint density at radius 2 is 1.07 bits per heavy atom. The molecule has 5 rings (SSSR count). The van der Waals surface area contributed by atoms with E-state index in [1.54, 1.807) is 12.4 Å². The topological polar surface area (TPSA) is 58.0 Å². The molecule has 6 nitrogen and oxygen atoms in total. The van der Waals surface area contributed by atoms with E-state index in [9.17, 15) is 0 Å². The number of rotatable bonds is 4. The van der Waals surface area contributed by atoms with Crippen molar-refractivity contribution in [3.05, 3.63) is 85.7 Å². The molecule has 4 aromatic heterocycles. The second-order valence-corrected chi connectivity index (χ2v) is 6.80. The Kier molecular flexibility index (Phi) is 6.16. The summed E-state index contributed by atoms with van der Waals surface area (Å²) in [7, 11) is 2.07. The third-order valence-corrected chi connectivity index (χ3v) is 4.93. The second kappa shape index (κ2) is 9.16. The van der Waals surface area contributed by atoms with E-state index in [1.807, 2.05) is 61.2 Å². The summed E-state index contributed by atoms with van der Waals surface area (Å²) in [5.74, 6) is 1.85. The SMILES string of the molecule is [B]1N(c2ccc(-c3cccnc3)cn2)CCN1c1ccc(-c2cccnc2)cn1.[Ir]. The van der Waals surface area contributed by atoms with Crippen LogP contribution in [-0.4, -0.2) is 40.6 Å². The fourth-order valence-corrected chi connectivity index (χ4v) is 3.37. The van der Waals surface area contributed by atoms with Crippen molar-refractivity contribution in [3.8, 4) is 22.3 Å². The standard InChI is InChI=1S/C22H18BN6.Ir/c1-3-17(13-24-9-1)19-5-7-21(26-15-19)28-11-12-29(23-28)22-8-6-20(16-27-22)18-4-2-10-25-14-18;/h1-10,13-16H,11-12H2;. The predicted molar refractivity (Wildman–Crippen MR) is 115 cm³/mol. The summed E-state index contributed by atoms with van der Waals surface area (Å²) in [4.78, 5) is 21.9. The minimum absolute atomic E-state index is 0. The van der Waals surface area contributed by atoms with Crippen LogP contribution in [0.5, 0.6) is 0 Å². The molecular formula is C22H18BIrN6. The molecule has 30 heavy (non-hydrogen) atoms. The zero-order valence-electron chi connectivity index (χ0n) is 16.1. The fraction of sp³-hybridized carbons (Fsp3) is 0.0909. The predicted octanol–water partition coefficient (Wildman–Crippen LogP) is 3.46. The van der Waals surface area contributed by atoms with Gasteiger partial charge in [0, 0.05) is 92.6 Å². The van der Waals surface area contributed by atoms with Crippen molar-refractivity contribution in [2.45, 2.75) is 0 Å². The van der Waals surface area contributed by atoms with Crippen LogP contribution in [0.1, 0.15) is 0 Å². The van der Waals surface area contributed by atoms with Crippen LogP contribution in [0.4, 0.5) is 11.6 Å². The van der Waals surface area contributed by atoms with E-state index in [1.165, 1.54) is 0 Å². The van der Waals surface area contributed by atoms with Gasteiger partial charge in [-0.3, -0.25) is 9.97 Å².